The Morgan fingerprint density at radius 1 is 1.00 bits per heavy atom. The van der Waals surface area contributed by atoms with E-state index in [0.29, 0.717) is 11.6 Å². The molecule has 0 aromatic heterocycles. The van der Waals surface area contributed by atoms with Gasteiger partial charge in [0.2, 0.25) is 0 Å². The molecule has 0 N–H and O–H groups in total. The molecule has 1 aromatic carbocycles. The molecule has 3 rings (SSSR count). The third-order valence-corrected chi connectivity index (χ3v) is 11.3. The number of rotatable bonds is 3. The summed E-state index contributed by atoms with van der Waals surface area (Å²) in [6.07, 6.45) is 5.17. The Labute approximate surface area is 162 Å². The van der Waals surface area contributed by atoms with Crippen LogP contribution in [-0.4, -0.2) is 31.9 Å². The van der Waals surface area contributed by atoms with Gasteiger partial charge in [0.05, 0.1) is 12.1 Å². The van der Waals surface area contributed by atoms with Crippen LogP contribution in [0, 0.1) is 17.5 Å². The van der Waals surface area contributed by atoms with Crippen LogP contribution in [0.2, 0.25) is 18.1 Å². The fraction of sp³-hybridized carbons (Fsp3) is 0.714. The molecule has 2 fully saturated rings. The molecule has 0 bridgehead atoms. The van der Waals surface area contributed by atoms with Crippen LogP contribution in [0.4, 0.5) is 13.2 Å². The predicted molar refractivity (Wildman–Crippen MR) is 105 cm³/mol. The van der Waals surface area contributed by atoms with Gasteiger partial charge in [-0.05, 0) is 68.1 Å². The number of fused-ring (bicyclic) bond motifs is 1. The summed E-state index contributed by atoms with van der Waals surface area (Å²) in [6.45, 7) is 11.9. The van der Waals surface area contributed by atoms with Gasteiger partial charge in [-0.15, -0.1) is 0 Å². The molecular formula is C21H32F3NOSi. The molecule has 0 aliphatic carbocycles. The summed E-state index contributed by atoms with van der Waals surface area (Å²) in [7, 11) is -2.05. The molecule has 2 heterocycles. The first kappa shape index (κ1) is 20.9. The monoisotopic (exact) mass is 399 g/mol. The van der Waals surface area contributed by atoms with Gasteiger partial charge in [-0.2, -0.15) is 0 Å². The Bertz CT molecular complexity index is 665. The van der Waals surface area contributed by atoms with E-state index in [0.717, 1.165) is 32.2 Å². The number of piperidine rings is 2. The maximum Gasteiger partial charge on any atom is 0.194 e. The zero-order chi connectivity index (χ0) is 20.0. The molecular weight excluding hydrogens is 367 g/mol. The summed E-state index contributed by atoms with van der Waals surface area (Å²) in [5.41, 5.74) is 0.502. The lowest BCUT2D eigenvalue weighted by Gasteiger charge is -2.51. The second-order valence-corrected chi connectivity index (χ2v) is 14.4. The summed E-state index contributed by atoms with van der Waals surface area (Å²) in [5.74, 6) is -3.63. The molecule has 0 unspecified atom stereocenters. The van der Waals surface area contributed by atoms with Crippen LogP contribution in [0.5, 0.6) is 0 Å². The Kier molecular flexibility index (Phi) is 5.82. The summed E-state index contributed by atoms with van der Waals surface area (Å²) >= 11 is 0. The first-order valence-corrected chi connectivity index (χ1v) is 13.0. The molecule has 3 atom stereocenters. The highest BCUT2D eigenvalue weighted by molar-refractivity contribution is 6.74. The van der Waals surface area contributed by atoms with Crippen LogP contribution in [0.15, 0.2) is 12.1 Å². The molecule has 0 amide bonds. The van der Waals surface area contributed by atoms with Crippen LogP contribution in [0.25, 0.3) is 0 Å². The summed E-state index contributed by atoms with van der Waals surface area (Å²) in [5, 5.41) is 0.0512. The van der Waals surface area contributed by atoms with Gasteiger partial charge in [0.1, 0.15) is 0 Å². The molecule has 0 saturated carbocycles. The normalized spacial score (nSPS) is 27.5. The Balaban J connectivity index is 1.99. The van der Waals surface area contributed by atoms with E-state index in [9.17, 15) is 13.2 Å². The fourth-order valence-corrected chi connectivity index (χ4v) is 5.61. The van der Waals surface area contributed by atoms with Crippen molar-refractivity contribution in [2.24, 2.45) is 0 Å². The number of nitrogens with zero attached hydrogens (tertiary/aromatic N) is 1. The topological polar surface area (TPSA) is 12.5 Å². The minimum Gasteiger partial charge on any atom is -0.412 e. The Morgan fingerprint density at radius 3 is 2.22 bits per heavy atom. The first-order valence-electron chi connectivity index (χ1n) is 10.1. The lowest BCUT2D eigenvalue weighted by Crippen LogP contribution is -2.54. The Morgan fingerprint density at radius 2 is 1.63 bits per heavy atom. The van der Waals surface area contributed by atoms with E-state index in [4.69, 9.17) is 4.43 Å². The van der Waals surface area contributed by atoms with E-state index in [1.54, 1.807) is 0 Å². The average molecular weight is 400 g/mol. The smallest absolute Gasteiger partial charge is 0.194 e. The highest BCUT2D eigenvalue weighted by Crippen LogP contribution is 2.45. The van der Waals surface area contributed by atoms with Crippen molar-refractivity contribution >= 4 is 8.32 Å². The minimum absolute atomic E-state index is 0.0512. The highest BCUT2D eigenvalue weighted by Gasteiger charge is 2.45. The van der Waals surface area contributed by atoms with Gasteiger partial charge >= 0.3 is 0 Å². The van der Waals surface area contributed by atoms with Crippen LogP contribution in [-0.2, 0) is 4.43 Å². The molecule has 2 aliphatic heterocycles. The van der Waals surface area contributed by atoms with E-state index in [2.05, 4.69) is 38.8 Å². The molecule has 152 valence electrons. The van der Waals surface area contributed by atoms with E-state index in [1.165, 1.54) is 18.6 Å². The van der Waals surface area contributed by atoms with Gasteiger partial charge in [0.15, 0.2) is 25.8 Å². The van der Waals surface area contributed by atoms with Crippen molar-refractivity contribution in [3.8, 4) is 0 Å². The van der Waals surface area contributed by atoms with Crippen molar-refractivity contribution in [2.75, 3.05) is 6.54 Å². The third-order valence-electron chi connectivity index (χ3n) is 6.77. The highest BCUT2D eigenvalue weighted by atomic mass is 28.4. The number of halogens is 3. The zero-order valence-corrected chi connectivity index (χ0v) is 18.1. The van der Waals surface area contributed by atoms with Crippen molar-refractivity contribution in [2.45, 2.75) is 89.2 Å². The molecule has 1 aromatic rings. The quantitative estimate of drug-likeness (QED) is 0.444. The number of benzene rings is 1. The van der Waals surface area contributed by atoms with Crippen molar-refractivity contribution < 1.29 is 17.6 Å². The first-order chi connectivity index (χ1) is 12.5. The van der Waals surface area contributed by atoms with Crippen LogP contribution in [0.1, 0.15) is 64.5 Å². The Hall–Kier alpha value is -0.853. The standard InChI is InChI=1S/C21H32F3NOSi/c1-21(2,3)27(4,5)26-18-10-9-15-8-6-7-11-25(15)20(18)14-12-16(22)19(24)17(23)13-14/h12-13,15,18,20H,6-11H2,1-5H3/t15-,18+,20-/m1/s1. The fourth-order valence-electron chi connectivity index (χ4n) is 4.26. The summed E-state index contributed by atoms with van der Waals surface area (Å²) < 4.78 is 48.3. The molecule has 0 spiro atoms. The third kappa shape index (κ3) is 4.13. The molecule has 27 heavy (non-hydrogen) atoms. The van der Waals surface area contributed by atoms with Crippen molar-refractivity contribution in [3.63, 3.8) is 0 Å². The van der Waals surface area contributed by atoms with Crippen LogP contribution in [0.3, 0.4) is 0 Å². The van der Waals surface area contributed by atoms with Gasteiger partial charge in [-0.3, -0.25) is 4.90 Å². The van der Waals surface area contributed by atoms with Gasteiger partial charge < -0.3 is 4.43 Å². The number of hydrogen-bond acceptors (Lipinski definition) is 2. The van der Waals surface area contributed by atoms with E-state index >= 15 is 0 Å². The molecule has 6 heteroatoms. The maximum atomic E-state index is 14.0. The molecule has 2 nitrogen and oxygen atoms in total. The van der Waals surface area contributed by atoms with Gasteiger partial charge in [-0.1, -0.05) is 27.2 Å². The molecule has 2 saturated heterocycles. The summed E-state index contributed by atoms with van der Waals surface area (Å²) in [6, 6.07) is 2.53. The summed E-state index contributed by atoms with van der Waals surface area (Å²) in [4.78, 5) is 2.36. The minimum atomic E-state index is -2.05. The van der Waals surface area contributed by atoms with Crippen LogP contribution < -0.4 is 0 Å². The van der Waals surface area contributed by atoms with Gasteiger partial charge in [0, 0.05) is 6.04 Å². The van der Waals surface area contributed by atoms with E-state index < -0.39 is 25.8 Å². The number of hydrogen-bond donors (Lipinski definition) is 0. The predicted octanol–water partition coefficient (Wildman–Crippen LogP) is 6.18. The molecule has 0 radical (unpaired) electrons. The van der Waals surface area contributed by atoms with E-state index in [1.807, 2.05) is 0 Å². The zero-order valence-electron chi connectivity index (χ0n) is 17.1. The van der Waals surface area contributed by atoms with Crippen molar-refractivity contribution in [1.29, 1.82) is 0 Å². The lowest BCUT2D eigenvalue weighted by atomic mass is 9.84. The molecule has 2 aliphatic rings. The lowest BCUT2D eigenvalue weighted by molar-refractivity contribution is -0.0322. The van der Waals surface area contributed by atoms with Crippen LogP contribution >= 0.6 is 0 Å². The maximum absolute atomic E-state index is 14.0. The SMILES string of the molecule is CC(C)(C)[Si](C)(C)O[C@H]1CC[C@H]2CCCCN2[C@@H]1c1cc(F)c(F)c(F)c1. The second kappa shape index (κ2) is 7.52. The van der Waals surface area contributed by atoms with Crippen molar-refractivity contribution in [1.82, 2.24) is 4.90 Å². The van der Waals surface area contributed by atoms with E-state index in [-0.39, 0.29) is 17.2 Å². The van der Waals surface area contributed by atoms with Gasteiger partial charge in [0.25, 0.3) is 0 Å². The van der Waals surface area contributed by atoms with Crippen molar-refractivity contribution in [3.05, 3.63) is 35.1 Å². The second-order valence-electron chi connectivity index (χ2n) is 9.62. The van der Waals surface area contributed by atoms with Gasteiger partial charge in [-0.25, -0.2) is 13.2 Å². The largest absolute Gasteiger partial charge is 0.412 e. The average Bonchev–Trinajstić information content (AvgIpc) is 2.57.